The van der Waals surface area contributed by atoms with Gasteiger partial charge in [0, 0.05) is 12.0 Å². The average molecular weight is 258 g/mol. The van der Waals surface area contributed by atoms with Crippen LogP contribution in [0.1, 0.15) is 35.3 Å². The number of aliphatic hydroxyl groups excluding tert-OH is 1. The molecule has 0 aliphatic carbocycles. The Labute approximate surface area is 113 Å². The highest BCUT2D eigenvalue weighted by molar-refractivity contribution is 5.29. The van der Waals surface area contributed by atoms with Gasteiger partial charge in [-0.3, -0.25) is 0 Å². The molecule has 1 nitrogen and oxygen atoms in total. The van der Waals surface area contributed by atoms with Crippen molar-refractivity contribution in [2.45, 2.75) is 32.8 Å². The number of hydrogen-bond donors (Lipinski definition) is 1. The van der Waals surface area contributed by atoms with Gasteiger partial charge in [-0.15, -0.1) is 0 Å². The normalized spacial score (nSPS) is 12.4. The van der Waals surface area contributed by atoms with Gasteiger partial charge in [-0.2, -0.15) is 0 Å². The largest absolute Gasteiger partial charge is 0.388 e. The molecule has 1 N–H and O–H groups in total. The fraction of sp³-hybridized carbons (Fsp3) is 0.294. The lowest BCUT2D eigenvalue weighted by Crippen LogP contribution is -2.05. The maximum Gasteiger partial charge on any atom is 0.131 e. The highest BCUT2D eigenvalue weighted by Gasteiger charge is 2.14. The zero-order valence-electron chi connectivity index (χ0n) is 11.4. The van der Waals surface area contributed by atoms with Crippen LogP contribution in [0.2, 0.25) is 0 Å². The Bertz CT molecular complexity index is 546. The zero-order valence-corrected chi connectivity index (χ0v) is 11.4. The van der Waals surface area contributed by atoms with Crippen molar-refractivity contribution < 1.29 is 9.50 Å². The molecule has 0 aromatic heterocycles. The third-order valence-corrected chi connectivity index (χ3v) is 3.44. The average Bonchev–Trinajstić information content (AvgIpc) is 2.42. The lowest BCUT2D eigenvalue weighted by atomic mass is 9.98. The van der Waals surface area contributed by atoms with Gasteiger partial charge in [0.05, 0.1) is 6.10 Å². The van der Waals surface area contributed by atoms with Crippen LogP contribution in [0.4, 0.5) is 4.39 Å². The summed E-state index contributed by atoms with van der Waals surface area (Å²) in [6.45, 7) is 3.81. The van der Waals surface area contributed by atoms with Crippen molar-refractivity contribution in [1.82, 2.24) is 0 Å². The van der Waals surface area contributed by atoms with E-state index < -0.39 is 6.10 Å². The van der Waals surface area contributed by atoms with Crippen LogP contribution in [0.15, 0.2) is 42.5 Å². The lowest BCUT2D eigenvalue weighted by molar-refractivity contribution is 0.173. The maximum absolute atomic E-state index is 13.9. The zero-order chi connectivity index (χ0) is 13.8. The molecule has 0 saturated heterocycles. The van der Waals surface area contributed by atoms with E-state index in [2.05, 4.69) is 19.1 Å². The van der Waals surface area contributed by atoms with Gasteiger partial charge < -0.3 is 5.11 Å². The molecule has 0 saturated carbocycles. The molecule has 0 spiro atoms. The lowest BCUT2D eigenvalue weighted by Gasteiger charge is -2.13. The van der Waals surface area contributed by atoms with Crippen LogP contribution >= 0.6 is 0 Å². The first kappa shape index (κ1) is 13.8. The van der Waals surface area contributed by atoms with Crippen molar-refractivity contribution in [2.75, 3.05) is 0 Å². The van der Waals surface area contributed by atoms with Gasteiger partial charge in [-0.05, 0) is 30.0 Å². The van der Waals surface area contributed by atoms with E-state index >= 15 is 0 Å². The molecule has 2 heteroatoms. The summed E-state index contributed by atoms with van der Waals surface area (Å²) in [6.07, 6.45) is 0.632. The van der Waals surface area contributed by atoms with Crippen molar-refractivity contribution in [1.29, 1.82) is 0 Å². The van der Waals surface area contributed by atoms with Gasteiger partial charge in [0.25, 0.3) is 0 Å². The van der Waals surface area contributed by atoms with E-state index in [1.165, 1.54) is 5.56 Å². The SMILES string of the molecule is CCc1ccc(CC(O)c2cccc(C)c2F)cc1. The Morgan fingerprint density at radius 1 is 1.05 bits per heavy atom. The number of aryl methyl sites for hydroxylation is 2. The molecule has 0 heterocycles. The van der Waals surface area contributed by atoms with Gasteiger partial charge in [0.1, 0.15) is 5.82 Å². The van der Waals surface area contributed by atoms with E-state index in [4.69, 9.17) is 0 Å². The summed E-state index contributed by atoms with van der Waals surface area (Å²) >= 11 is 0. The molecule has 0 aliphatic heterocycles. The molecule has 100 valence electrons. The van der Waals surface area contributed by atoms with Crippen LogP contribution in [0, 0.1) is 12.7 Å². The fourth-order valence-corrected chi connectivity index (χ4v) is 2.17. The number of aliphatic hydroxyl groups is 1. The van der Waals surface area contributed by atoms with Crippen molar-refractivity contribution >= 4 is 0 Å². The summed E-state index contributed by atoms with van der Waals surface area (Å²) in [5.74, 6) is -0.305. The Morgan fingerprint density at radius 3 is 2.32 bits per heavy atom. The summed E-state index contributed by atoms with van der Waals surface area (Å²) in [6, 6.07) is 13.2. The Kier molecular flexibility index (Phi) is 4.33. The molecule has 0 bridgehead atoms. The molecular weight excluding hydrogens is 239 g/mol. The standard InChI is InChI=1S/C17H19FO/c1-3-13-7-9-14(10-8-13)11-16(19)15-6-4-5-12(2)17(15)18/h4-10,16,19H,3,11H2,1-2H3. The van der Waals surface area contributed by atoms with E-state index in [-0.39, 0.29) is 5.82 Å². The minimum Gasteiger partial charge on any atom is -0.388 e. The van der Waals surface area contributed by atoms with Crippen molar-refractivity contribution in [2.24, 2.45) is 0 Å². The Hall–Kier alpha value is -1.67. The van der Waals surface area contributed by atoms with E-state index in [1.807, 2.05) is 12.1 Å². The predicted octanol–water partition coefficient (Wildman–Crippen LogP) is 3.97. The fourth-order valence-electron chi connectivity index (χ4n) is 2.17. The molecule has 19 heavy (non-hydrogen) atoms. The summed E-state index contributed by atoms with van der Waals surface area (Å²) in [4.78, 5) is 0. The second kappa shape index (κ2) is 5.98. The minimum absolute atomic E-state index is 0.305. The number of benzene rings is 2. The summed E-state index contributed by atoms with van der Waals surface area (Å²) < 4.78 is 13.9. The second-order valence-electron chi connectivity index (χ2n) is 4.87. The number of hydrogen-bond acceptors (Lipinski definition) is 1. The summed E-state index contributed by atoms with van der Waals surface area (Å²) in [5.41, 5.74) is 3.23. The van der Waals surface area contributed by atoms with E-state index in [0.717, 1.165) is 12.0 Å². The second-order valence-corrected chi connectivity index (χ2v) is 4.87. The number of rotatable bonds is 4. The van der Waals surface area contributed by atoms with Crippen LogP contribution in [-0.4, -0.2) is 5.11 Å². The maximum atomic E-state index is 13.9. The minimum atomic E-state index is -0.799. The van der Waals surface area contributed by atoms with E-state index in [1.54, 1.807) is 25.1 Å². The smallest absolute Gasteiger partial charge is 0.131 e. The molecule has 2 rings (SSSR count). The van der Waals surface area contributed by atoms with Crippen molar-refractivity contribution in [3.63, 3.8) is 0 Å². The van der Waals surface area contributed by atoms with Crippen molar-refractivity contribution in [3.8, 4) is 0 Å². The molecule has 2 aromatic carbocycles. The molecule has 0 radical (unpaired) electrons. The van der Waals surface area contributed by atoms with Crippen LogP contribution in [0.25, 0.3) is 0 Å². The predicted molar refractivity (Wildman–Crippen MR) is 75.6 cm³/mol. The van der Waals surface area contributed by atoms with E-state index in [9.17, 15) is 9.50 Å². The van der Waals surface area contributed by atoms with Crippen LogP contribution in [-0.2, 0) is 12.8 Å². The Morgan fingerprint density at radius 2 is 1.68 bits per heavy atom. The monoisotopic (exact) mass is 258 g/mol. The quantitative estimate of drug-likeness (QED) is 0.879. The summed E-state index contributed by atoms with van der Waals surface area (Å²) in [5, 5.41) is 10.2. The van der Waals surface area contributed by atoms with Gasteiger partial charge in [-0.25, -0.2) is 4.39 Å². The highest BCUT2D eigenvalue weighted by atomic mass is 19.1. The van der Waals surface area contributed by atoms with Gasteiger partial charge in [0.15, 0.2) is 0 Å². The Balaban J connectivity index is 2.15. The van der Waals surface area contributed by atoms with Gasteiger partial charge in [-0.1, -0.05) is 49.4 Å². The first-order chi connectivity index (χ1) is 9.11. The molecular formula is C17H19FO. The molecule has 0 amide bonds. The van der Waals surface area contributed by atoms with Crippen LogP contribution in [0.5, 0.6) is 0 Å². The first-order valence-corrected chi connectivity index (χ1v) is 6.62. The first-order valence-electron chi connectivity index (χ1n) is 6.62. The highest BCUT2D eigenvalue weighted by Crippen LogP contribution is 2.23. The molecule has 1 unspecified atom stereocenters. The third-order valence-electron chi connectivity index (χ3n) is 3.44. The molecule has 1 atom stereocenters. The number of halogens is 1. The van der Waals surface area contributed by atoms with Gasteiger partial charge >= 0.3 is 0 Å². The molecule has 0 fully saturated rings. The summed E-state index contributed by atoms with van der Waals surface area (Å²) in [7, 11) is 0. The van der Waals surface area contributed by atoms with Crippen LogP contribution < -0.4 is 0 Å². The van der Waals surface area contributed by atoms with Crippen LogP contribution in [0.3, 0.4) is 0 Å². The molecule has 0 aliphatic rings. The molecule has 2 aromatic rings. The topological polar surface area (TPSA) is 20.2 Å². The third kappa shape index (κ3) is 3.21. The van der Waals surface area contributed by atoms with Crippen molar-refractivity contribution in [3.05, 3.63) is 70.5 Å². The van der Waals surface area contributed by atoms with Gasteiger partial charge in [0.2, 0.25) is 0 Å². The van der Waals surface area contributed by atoms with E-state index in [0.29, 0.717) is 17.5 Å².